The summed E-state index contributed by atoms with van der Waals surface area (Å²) in [5.41, 5.74) is 4.85. The smallest absolute Gasteiger partial charge is 0.270 e. The van der Waals surface area contributed by atoms with Crippen molar-refractivity contribution in [3.8, 4) is 5.75 Å². The van der Waals surface area contributed by atoms with Gasteiger partial charge >= 0.3 is 0 Å². The highest BCUT2D eigenvalue weighted by molar-refractivity contribution is 6.10. The summed E-state index contributed by atoms with van der Waals surface area (Å²) >= 11 is 0. The number of benzene rings is 3. The highest BCUT2D eigenvalue weighted by Crippen LogP contribution is 2.35. The average molecular weight is 460 g/mol. The SMILES string of the molecule is C=Nc1cc(CCc2cc(CO)cc([N+](=O)[O-])c2)c(OC)cc1C(=O)N1CCc2ccccc21. The zero-order valence-electron chi connectivity index (χ0n) is 18.9. The largest absolute Gasteiger partial charge is 0.496 e. The maximum Gasteiger partial charge on any atom is 0.270 e. The van der Waals surface area contributed by atoms with Gasteiger partial charge in [0.2, 0.25) is 0 Å². The molecule has 3 aromatic rings. The normalized spacial score (nSPS) is 12.4. The number of hydrogen-bond acceptors (Lipinski definition) is 6. The van der Waals surface area contributed by atoms with Gasteiger partial charge in [-0.25, -0.2) is 0 Å². The Balaban J connectivity index is 1.62. The summed E-state index contributed by atoms with van der Waals surface area (Å²) in [4.78, 5) is 30.0. The second-order valence-corrected chi connectivity index (χ2v) is 8.10. The van der Waals surface area contributed by atoms with Crippen molar-refractivity contribution in [3.05, 3.63) is 92.5 Å². The Morgan fingerprint density at radius 1 is 1.18 bits per heavy atom. The molecule has 8 nitrogen and oxygen atoms in total. The number of aliphatic imine (C=N–C) groups is 1. The molecule has 0 radical (unpaired) electrons. The molecule has 0 unspecified atom stereocenters. The van der Waals surface area contributed by atoms with Gasteiger partial charge in [0, 0.05) is 24.4 Å². The second-order valence-electron chi connectivity index (χ2n) is 8.10. The number of nitrogens with zero attached hydrogens (tertiary/aromatic N) is 3. The Kier molecular flexibility index (Phi) is 6.70. The van der Waals surface area contributed by atoms with Crippen LogP contribution in [-0.2, 0) is 25.9 Å². The molecule has 3 aromatic carbocycles. The van der Waals surface area contributed by atoms with E-state index >= 15 is 0 Å². The van der Waals surface area contributed by atoms with Gasteiger partial charge < -0.3 is 14.7 Å². The minimum absolute atomic E-state index is 0.0613. The Labute approximate surface area is 197 Å². The Bertz CT molecular complexity index is 1270. The summed E-state index contributed by atoms with van der Waals surface area (Å²) in [6.07, 6.45) is 1.78. The first-order valence-electron chi connectivity index (χ1n) is 10.9. The van der Waals surface area contributed by atoms with Crippen LogP contribution in [0.5, 0.6) is 5.75 Å². The topological polar surface area (TPSA) is 105 Å². The number of carbonyl (C=O) groups excluding carboxylic acids is 1. The van der Waals surface area contributed by atoms with Gasteiger partial charge in [-0.1, -0.05) is 24.3 Å². The number of ether oxygens (including phenoxy) is 1. The predicted octanol–water partition coefficient (Wildman–Crippen LogP) is 4.42. The molecule has 0 spiro atoms. The van der Waals surface area contributed by atoms with Crippen molar-refractivity contribution in [1.82, 2.24) is 0 Å². The van der Waals surface area contributed by atoms with Gasteiger partial charge in [-0.05, 0) is 66.4 Å². The van der Waals surface area contributed by atoms with Crippen molar-refractivity contribution in [3.63, 3.8) is 0 Å². The molecular weight excluding hydrogens is 434 g/mol. The second kappa shape index (κ2) is 9.84. The number of para-hydroxylation sites is 1. The molecule has 34 heavy (non-hydrogen) atoms. The van der Waals surface area contributed by atoms with E-state index in [2.05, 4.69) is 11.7 Å². The number of non-ortho nitro benzene ring substituents is 1. The molecule has 0 atom stereocenters. The zero-order valence-corrected chi connectivity index (χ0v) is 18.9. The van der Waals surface area contributed by atoms with Crippen LogP contribution >= 0.6 is 0 Å². The third kappa shape index (κ3) is 4.53. The molecule has 1 aliphatic rings. The summed E-state index contributed by atoms with van der Waals surface area (Å²) in [6, 6.07) is 15.9. The maximum absolute atomic E-state index is 13.4. The molecule has 0 aromatic heterocycles. The number of amides is 1. The average Bonchev–Trinajstić information content (AvgIpc) is 3.30. The molecule has 1 amide bonds. The molecule has 0 fully saturated rings. The van der Waals surface area contributed by atoms with Crippen LogP contribution in [0.4, 0.5) is 17.1 Å². The number of fused-ring (bicyclic) bond motifs is 1. The molecule has 0 saturated heterocycles. The lowest BCUT2D eigenvalue weighted by Crippen LogP contribution is -2.29. The van der Waals surface area contributed by atoms with Gasteiger partial charge in [0.15, 0.2) is 0 Å². The van der Waals surface area contributed by atoms with E-state index in [0.29, 0.717) is 42.0 Å². The minimum atomic E-state index is -0.472. The van der Waals surface area contributed by atoms with E-state index < -0.39 is 4.92 Å². The monoisotopic (exact) mass is 459 g/mol. The quantitative estimate of drug-likeness (QED) is 0.305. The zero-order chi connectivity index (χ0) is 24.2. The van der Waals surface area contributed by atoms with Gasteiger partial charge in [0.1, 0.15) is 5.75 Å². The van der Waals surface area contributed by atoms with Crippen LogP contribution in [0.15, 0.2) is 59.6 Å². The van der Waals surface area contributed by atoms with Gasteiger partial charge in [-0.15, -0.1) is 0 Å². The first-order chi connectivity index (χ1) is 16.4. The van der Waals surface area contributed by atoms with E-state index in [9.17, 15) is 20.0 Å². The van der Waals surface area contributed by atoms with Crippen LogP contribution in [0.25, 0.3) is 0 Å². The molecule has 8 heteroatoms. The molecule has 1 heterocycles. The molecule has 0 saturated carbocycles. The number of rotatable bonds is 8. The van der Waals surface area contributed by atoms with Crippen molar-refractivity contribution in [1.29, 1.82) is 0 Å². The van der Waals surface area contributed by atoms with Crippen LogP contribution in [0.3, 0.4) is 0 Å². The van der Waals surface area contributed by atoms with Crippen LogP contribution in [0.1, 0.15) is 32.6 Å². The number of aliphatic hydroxyl groups excluding tert-OH is 1. The number of hydrogen-bond donors (Lipinski definition) is 1. The fraction of sp³-hybridized carbons (Fsp3) is 0.231. The Morgan fingerprint density at radius 2 is 1.94 bits per heavy atom. The minimum Gasteiger partial charge on any atom is -0.496 e. The molecule has 174 valence electrons. The van der Waals surface area contributed by atoms with E-state index in [1.165, 1.54) is 19.2 Å². The van der Waals surface area contributed by atoms with E-state index in [1.54, 1.807) is 23.1 Å². The van der Waals surface area contributed by atoms with E-state index in [4.69, 9.17) is 4.74 Å². The highest BCUT2D eigenvalue weighted by atomic mass is 16.6. The first kappa shape index (κ1) is 23.1. The van der Waals surface area contributed by atoms with Crippen LogP contribution in [-0.4, -0.2) is 36.3 Å². The summed E-state index contributed by atoms with van der Waals surface area (Å²) in [5.74, 6) is 0.375. The van der Waals surface area contributed by atoms with Gasteiger partial charge in [-0.2, -0.15) is 0 Å². The number of nitro groups is 1. The Hall–Kier alpha value is -4.04. The van der Waals surface area contributed by atoms with Crippen molar-refractivity contribution < 1.29 is 19.6 Å². The van der Waals surface area contributed by atoms with Gasteiger partial charge in [0.25, 0.3) is 11.6 Å². The van der Waals surface area contributed by atoms with E-state index in [0.717, 1.165) is 28.8 Å². The summed E-state index contributed by atoms with van der Waals surface area (Å²) in [6.45, 7) is 3.97. The van der Waals surface area contributed by atoms with Crippen LogP contribution in [0.2, 0.25) is 0 Å². The number of aliphatic hydroxyl groups is 1. The number of aryl methyl sites for hydroxylation is 2. The molecule has 1 N–H and O–H groups in total. The van der Waals surface area contributed by atoms with E-state index in [1.807, 2.05) is 24.3 Å². The lowest BCUT2D eigenvalue weighted by Gasteiger charge is -2.20. The van der Waals surface area contributed by atoms with Crippen molar-refractivity contribution >= 4 is 29.7 Å². The third-order valence-corrected chi connectivity index (χ3v) is 6.05. The first-order valence-corrected chi connectivity index (χ1v) is 10.9. The predicted molar refractivity (Wildman–Crippen MR) is 130 cm³/mol. The number of carbonyl (C=O) groups is 1. The molecule has 0 aliphatic carbocycles. The van der Waals surface area contributed by atoms with Crippen molar-refractivity contribution in [2.75, 3.05) is 18.6 Å². The standard InChI is InChI=1S/C26H25N3O5/c1-27-23-14-20(8-7-17-11-18(16-30)13-21(12-17)29(32)33)25(34-2)15-22(23)26(31)28-10-9-19-5-3-4-6-24(19)28/h3-6,11-15,30H,1,7-10,16H2,2H3. The lowest BCUT2D eigenvalue weighted by molar-refractivity contribution is -0.385. The highest BCUT2D eigenvalue weighted by Gasteiger charge is 2.27. The van der Waals surface area contributed by atoms with Crippen molar-refractivity contribution in [2.45, 2.75) is 25.9 Å². The lowest BCUT2D eigenvalue weighted by atomic mass is 9.99. The van der Waals surface area contributed by atoms with E-state index in [-0.39, 0.29) is 18.2 Å². The molecule has 1 aliphatic heterocycles. The molecule has 0 bridgehead atoms. The molecular formula is C26H25N3O5. The van der Waals surface area contributed by atoms with Crippen LogP contribution in [0, 0.1) is 10.1 Å². The summed E-state index contributed by atoms with van der Waals surface area (Å²) in [7, 11) is 1.54. The summed E-state index contributed by atoms with van der Waals surface area (Å²) in [5, 5.41) is 20.7. The fourth-order valence-electron chi connectivity index (χ4n) is 4.36. The fourth-order valence-corrected chi connectivity index (χ4v) is 4.36. The van der Waals surface area contributed by atoms with Crippen molar-refractivity contribution in [2.24, 2.45) is 4.99 Å². The summed E-state index contributed by atoms with van der Waals surface area (Å²) < 4.78 is 5.58. The number of nitro benzene ring substituents is 1. The molecule has 4 rings (SSSR count). The number of anilines is 1. The third-order valence-electron chi connectivity index (χ3n) is 6.05. The van der Waals surface area contributed by atoms with Gasteiger partial charge in [0.05, 0.1) is 29.9 Å². The Morgan fingerprint density at radius 3 is 2.65 bits per heavy atom. The number of methoxy groups -OCH3 is 1. The van der Waals surface area contributed by atoms with Crippen LogP contribution < -0.4 is 9.64 Å². The maximum atomic E-state index is 13.4. The van der Waals surface area contributed by atoms with Gasteiger partial charge in [-0.3, -0.25) is 19.9 Å².